The molecule has 0 unspecified atom stereocenters. The van der Waals surface area contributed by atoms with Gasteiger partial charge in [0.1, 0.15) is 10.3 Å². The zero-order chi connectivity index (χ0) is 8.72. The molecular weight excluding hydrogens is 194 g/mol. The van der Waals surface area contributed by atoms with Gasteiger partial charge in [-0.05, 0) is 25.4 Å². The summed E-state index contributed by atoms with van der Waals surface area (Å²) in [6.45, 7) is 3.83. The molecule has 0 aromatic carbocycles. The molecule has 3 nitrogen and oxygen atoms in total. The summed E-state index contributed by atoms with van der Waals surface area (Å²) in [6.07, 6.45) is 0. The highest BCUT2D eigenvalue weighted by atomic mass is 35.5. The van der Waals surface area contributed by atoms with Crippen LogP contribution >= 0.6 is 22.9 Å². The Morgan fingerprint density at radius 1 is 1.17 bits per heavy atom. The monoisotopic (exact) mass is 199 g/mol. The summed E-state index contributed by atoms with van der Waals surface area (Å²) in [5.74, 6) is 0. The fourth-order valence-electron chi connectivity index (χ4n) is 1.03. The number of hydrogen-bond donors (Lipinski definition) is 0. The van der Waals surface area contributed by atoms with Gasteiger partial charge in [-0.15, -0.1) is 0 Å². The van der Waals surface area contributed by atoms with E-state index in [2.05, 4.69) is 15.0 Å². The molecule has 0 saturated heterocycles. The Balaban J connectivity index is 2.88. The van der Waals surface area contributed by atoms with Crippen molar-refractivity contribution in [1.29, 1.82) is 0 Å². The quantitative estimate of drug-likeness (QED) is 0.612. The van der Waals surface area contributed by atoms with Crippen LogP contribution in [0.1, 0.15) is 10.7 Å². The van der Waals surface area contributed by atoms with Crippen LogP contribution in [0.5, 0.6) is 0 Å². The largest absolute Gasteiger partial charge is 0.238 e. The molecule has 2 aromatic heterocycles. The average Bonchev–Trinajstić information content (AvgIpc) is 2.29. The Morgan fingerprint density at radius 2 is 1.92 bits per heavy atom. The molecule has 0 spiro atoms. The Hall–Kier alpha value is -0.740. The first kappa shape index (κ1) is 7.89. The molecule has 0 atom stereocenters. The lowest BCUT2D eigenvalue weighted by Gasteiger charge is -1.92. The molecule has 62 valence electrons. The van der Waals surface area contributed by atoms with Crippen LogP contribution in [0.25, 0.3) is 10.3 Å². The summed E-state index contributed by atoms with van der Waals surface area (Å²) in [6, 6.07) is 0. The highest BCUT2D eigenvalue weighted by molar-refractivity contribution is 7.18. The molecule has 0 amide bonds. The Morgan fingerprint density at radius 3 is 2.67 bits per heavy atom. The van der Waals surface area contributed by atoms with E-state index in [0.717, 1.165) is 21.0 Å². The first-order valence-corrected chi connectivity index (χ1v) is 4.63. The SMILES string of the molecule is Cc1nc2c(C)nc(Cl)nc2s1. The van der Waals surface area contributed by atoms with Crippen molar-refractivity contribution in [2.24, 2.45) is 0 Å². The van der Waals surface area contributed by atoms with Crippen LogP contribution in [0.15, 0.2) is 0 Å². The number of aromatic nitrogens is 3. The van der Waals surface area contributed by atoms with Gasteiger partial charge in [0, 0.05) is 0 Å². The summed E-state index contributed by atoms with van der Waals surface area (Å²) < 4.78 is 0. The van der Waals surface area contributed by atoms with Crippen molar-refractivity contribution in [1.82, 2.24) is 15.0 Å². The topological polar surface area (TPSA) is 38.7 Å². The number of aryl methyl sites for hydroxylation is 2. The van der Waals surface area contributed by atoms with Crippen LogP contribution in [0.4, 0.5) is 0 Å². The van der Waals surface area contributed by atoms with Crippen molar-refractivity contribution < 1.29 is 0 Å². The minimum Gasteiger partial charge on any atom is -0.238 e. The number of hydrogen-bond acceptors (Lipinski definition) is 4. The molecule has 0 bridgehead atoms. The van der Waals surface area contributed by atoms with Crippen LogP contribution < -0.4 is 0 Å². The standard InChI is InChI=1S/C7H6ClN3S/c1-3-5-6(11-7(8)9-3)12-4(2)10-5/h1-2H3. The van der Waals surface area contributed by atoms with Gasteiger partial charge in [0.2, 0.25) is 5.28 Å². The van der Waals surface area contributed by atoms with Crippen LogP contribution in [-0.2, 0) is 0 Å². The number of rotatable bonds is 0. The van der Waals surface area contributed by atoms with Crippen molar-refractivity contribution in [2.75, 3.05) is 0 Å². The van der Waals surface area contributed by atoms with E-state index in [4.69, 9.17) is 11.6 Å². The highest BCUT2D eigenvalue weighted by Crippen LogP contribution is 2.22. The van der Waals surface area contributed by atoms with Crippen LogP contribution in [0.2, 0.25) is 5.28 Å². The van der Waals surface area contributed by atoms with Gasteiger partial charge in [-0.1, -0.05) is 11.3 Å². The van der Waals surface area contributed by atoms with Crippen molar-refractivity contribution in [3.05, 3.63) is 16.0 Å². The van der Waals surface area contributed by atoms with Gasteiger partial charge in [-0.2, -0.15) is 0 Å². The number of fused-ring (bicyclic) bond motifs is 1. The predicted octanol–water partition coefficient (Wildman–Crippen LogP) is 2.36. The Labute approximate surface area is 78.4 Å². The van der Waals surface area contributed by atoms with Crippen LogP contribution in [0, 0.1) is 13.8 Å². The zero-order valence-corrected chi connectivity index (χ0v) is 8.20. The molecular formula is C7H6ClN3S. The first-order chi connectivity index (χ1) is 5.66. The third-order valence-electron chi connectivity index (χ3n) is 1.51. The third-order valence-corrected chi connectivity index (χ3v) is 2.55. The second-order valence-corrected chi connectivity index (χ2v) is 3.98. The molecule has 2 heterocycles. The van der Waals surface area contributed by atoms with Gasteiger partial charge in [0.15, 0.2) is 0 Å². The molecule has 0 fully saturated rings. The van der Waals surface area contributed by atoms with E-state index in [9.17, 15) is 0 Å². The van der Waals surface area contributed by atoms with Gasteiger partial charge in [0.25, 0.3) is 0 Å². The smallest absolute Gasteiger partial charge is 0.224 e. The van der Waals surface area contributed by atoms with E-state index >= 15 is 0 Å². The van der Waals surface area contributed by atoms with Gasteiger partial charge in [0.05, 0.1) is 10.7 Å². The normalized spacial score (nSPS) is 10.9. The number of thiazole rings is 1. The van der Waals surface area contributed by atoms with Gasteiger partial charge < -0.3 is 0 Å². The van der Waals surface area contributed by atoms with Crippen LogP contribution in [-0.4, -0.2) is 15.0 Å². The van der Waals surface area contributed by atoms with Crippen molar-refractivity contribution >= 4 is 33.3 Å². The highest BCUT2D eigenvalue weighted by Gasteiger charge is 2.06. The summed E-state index contributed by atoms with van der Waals surface area (Å²) in [7, 11) is 0. The lowest BCUT2D eigenvalue weighted by molar-refractivity contribution is 1.14. The maximum absolute atomic E-state index is 5.69. The van der Waals surface area contributed by atoms with Gasteiger partial charge in [-0.3, -0.25) is 0 Å². The summed E-state index contributed by atoms with van der Waals surface area (Å²) >= 11 is 7.22. The summed E-state index contributed by atoms with van der Waals surface area (Å²) in [5.41, 5.74) is 1.70. The van der Waals surface area contributed by atoms with E-state index in [-0.39, 0.29) is 0 Å². The molecule has 12 heavy (non-hydrogen) atoms. The van der Waals surface area contributed by atoms with Crippen LogP contribution in [0.3, 0.4) is 0 Å². The maximum Gasteiger partial charge on any atom is 0.224 e. The lowest BCUT2D eigenvalue weighted by atomic mass is 10.4. The Kier molecular flexibility index (Phi) is 1.73. The second kappa shape index (κ2) is 2.64. The summed E-state index contributed by atoms with van der Waals surface area (Å²) in [4.78, 5) is 13.2. The fraction of sp³-hybridized carbons (Fsp3) is 0.286. The Bertz CT molecular complexity index is 437. The van der Waals surface area contributed by atoms with E-state index in [1.54, 1.807) is 0 Å². The molecule has 2 rings (SSSR count). The molecule has 0 N–H and O–H groups in total. The molecule has 0 radical (unpaired) electrons. The predicted molar refractivity (Wildman–Crippen MR) is 49.7 cm³/mol. The minimum absolute atomic E-state index is 0.295. The molecule has 0 aliphatic heterocycles. The fourth-order valence-corrected chi connectivity index (χ4v) is 2.13. The van der Waals surface area contributed by atoms with Gasteiger partial charge in [-0.25, -0.2) is 15.0 Å². The zero-order valence-electron chi connectivity index (χ0n) is 6.63. The van der Waals surface area contributed by atoms with Crippen molar-refractivity contribution in [3.63, 3.8) is 0 Å². The molecule has 5 heteroatoms. The third kappa shape index (κ3) is 1.17. The average molecular weight is 200 g/mol. The molecule has 0 aliphatic rings. The van der Waals surface area contributed by atoms with E-state index in [1.165, 1.54) is 11.3 Å². The molecule has 0 saturated carbocycles. The van der Waals surface area contributed by atoms with Crippen molar-refractivity contribution in [2.45, 2.75) is 13.8 Å². The van der Waals surface area contributed by atoms with E-state index in [0.29, 0.717) is 5.28 Å². The van der Waals surface area contributed by atoms with E-state index < -0.39 is 0 Å². The van der Waals surface area contributed by atoms with E-state index in [1.807, 2.05) is 13.8 Å². The lowest BCUT2D eigenvalue weighted by Crippen LogP contribution is -1.87. The minimum atomic E-state index is 0.295. The number of halogens is 1. The second-order valence-electron chi connectivity index (χ2n) is 2.46. The first-order valence-electron chi connectivity index (χ1n) is 3.44. The van der Waals surface area contributed by atoms with Crippen molar-refractivity contribution in [3.8, 4) is 0 Å². The molecule has 0 aliphatic carbocycles. The number of nitrogens with zero attached hydrogens (tertiary/aromatic N) is 3. The van der Waals surface area contributed by atoms with Gasteiger partial charge >= 0.3 is 0 Å². The molecule has 2 aromatic rings. The summed E-state index contributed by atoms with van der Waals surface area (Å²) in [5, 5.41) is 1.29. The maximum atomic E-state index is 5.69.